The number of nitrogens with zero attached hydrogens (tertiary/aromatic N) is 3. The molecule has 3 rings (SSSR count). The molecule has 0 saturated heterocycles. The molecule has 164 valence electrons. The third kappa shape index (κ3) is 5.35. The molecule has 8 nitrogen and oxygen atoms in total. The van der Waals surface area contributed by atoms with Gasteiger partial charge in [-0.05, 0) is 49.9 Å². The Morgan fingerprint density at radius 1 is 1.13 bits per heavy atom. The summed E-state index contributed by atoms with van der Waals surface area (Å²) in [6.07, 6.45) is 1.85. The fraction of sp³-hybridized carbons (Fsp3) is 0.250. The molecule has 0 spiro atoms. The number of benzene rings is 2. The van der Waals surface area contributed by atoms with Crippen molar-refractivity contribution >= 4 is 49.8 Å². The van der Waals surface area contributed by atoms with E-state index in [9.17, 15) is 13.2 Å². The second-order valence-corrected chi connectivity index (χ2v) is 10.5. The molecule has 0 bridgehead atoms. The molecule has 3 aromatic rings. The number of sulfonamides is 1. The van der Waals surface area contributed by atoms with Gasteiger partial charge >= 0.3 is 0 Å². The average molecular weight is 479 g/mol. The summed E-state index contributed by atoms with van der Waals surface area (Å²) in [6, 6.07) is 11.6. The SMILES string of the molecule is COc1ccc(C)cc1N(CC(=O)Nc1nnc(SC)s1)S(=O)(=O)c1ccc(C)cc1. The number of thioether (sulfide) groups is 1. The summed E-state index contributed by atoms with van der Waals surface area (Å²) in [6.45, 7) is 3.26. The molecule has 0 aliphatic rings. The van der Waals surface area contributed by atoms with Crippen molar-refractivity contribution in [2.75, 3.05) is 29.5 Å². The summed E-state index contributed by atoms with van der Waals surface area (Å²) in [5.74, 6) is -0.197. The fourth-order valence-electron chi connectivity index (χ4n) is 2.76. The molecular weight excluding hydrogens is 456 g/mol. The van der Waals surface area contributed by atoms with Gasteiger partial charge in [-0.25, -0.2) is 8.42 Å². The van der Waals surface area contributed by atoms with E-state index >= 15 is 0 Å². The maximum atomic E-state index is 13.5. The third-order valence-corrected chi connectivity index (χ3v) is 7.91. The minimum Gasteiger partial charge on any atom is -0.495 e. The number of rotatable bonds is 8. The first-order valence-electron chi connectivity index (χ1n) is 9.16. The molecule has 0 saturated carbocycles. The Hall–Kier alpha value is -2.63. The van der Waals surface area contributed by atoms with Gasteiger partial charge in [0.05, 0.1) is 17.7 Å². The van der Waals surface area contributed by atoms with Crippen molar-refractivity contribution in [3.05, 3.63) is 53.6 Å². The Kier molecular flexibility index (Phi) is 7.19. The van der Waals surface area contributed by atoms with Crippen LogP contribution in [0.4, 0.5) is 10.8 Å². The van der Waals surface area contributed by atoms with Crippen LogP contribution in [0.5, 0.6) is 5.75 Å². The van der Waals surface area contributed by atoms with Crippen molar-refractivity contribution in [2.45, 2.75) is 23.1 Å². The van der Waals surface area contributed by atoms with Crippen LogP contribution in [0.3, 0.4) is 0 Å². The first-order valence-corrected chi connectivity index (χ1v) is 12.6. The van der Waals surface area contributed by atoms with Gasteiger partial charge in [0, 0.05) is 0 Å². The monoisotopic (exact) mass is 478 g/mol. The van der Waals surface area contributed by atoms with E-state index in [1.54, 1.807) is 24.3 Å². The summed E-state index contributed by atoms with van der Waals surface area (Å²) in [4.78, 5) is 12.9. The maximum Gasteiger partial charge on any atom is 0.264 e. The van der Waals surface area contributed by atoms with Crippen LogP contribution in [-0.4, -0.2) is 44.4 Å². The van der Waals surface area contributed by atoms with Gasteiger partial charge in [-0.2, -0.15) is 0 Å². The number of aromatic nitrogens is 2. The van der Waals surface area contributed by atoms with Gasteiger partial charge in [-0.1, -0.05) is 46.9 Å². The molecule has 31 heavy (non-hydrogen) atoms. The van der Waals surface area contributed by atoms with Gasteiger partial charge < -0.3 is 4.74 Å². The van der Waals surface area contributed by atoms with Crippen molar-refractivity contribution in [3.8, 4) is 5.75 Å². The van der Waals surface area contributed by atoms with E-state index in [1.165, 1.54) is 42.3 Å². The number of amides is 1. The lowest BCUT2D eigenvalue weighted by atomic mass is 10.2. The van der Waals surface area contributed by atoms with Crippen LogP contribution in [0, 0.1) is 13.8 Å². The zero-order valence-corrected chi connectivity index (χ0v) is 19.9. The maximum absolute atomic E-state index is 13.5. The molecule has 2 aromatic carbocycles. The van der Waals surface area contributed by atoms with Gasteiger partial charge in [-0.3, -0.25) is 14.4 Å². The molecule has 0 atom stereocenters. The van der Waals surface area contributed by atoms with E-state index < -0.39 is 22.5 Å². The highest BCUT2D eigenvalue weighted by Gasteiger charge is 2.30. The van der Waals surface area contributed by atoms with E-state index in [4.69, 9.17) is 4.74 Å². The predicted molar refractivity (Wildman–Crippen MR) is 124 cm³/mol. The summed E-state index contributed by atoms with van der Waals surface area (Å²) < 4.78 is 34.2. The van der Waals surface area contributed by atoms with Crippen molar-refractivity contribution < 1.29 is 17.9 Å². The molecule has 0 radical (unpaired) electrons. The molecule has 0 aliphatic carbocycles. The molecule has 0 fully saturated rings. The van der Waals surface area contributed by atoms with Crippen LogP contribution in [0.1, 0.15) is 11.1 Å². The Balaban J connectivity index is 2.01. The van der Waals surface area contributed by atoms with Crippen molar-refractivity contribution in [2.24, 2.45) is 0 Å². The fourth-order valence-corrected chi connectivity index (χ4v) is 5.37. The van der Waals surface area contributed by atoms with Crippen LogP contribution in [0.15, 0.2) is 51.7 Å². The number of methoxy groups -OCH3 is 1. The minimum absolute atomic E-state index is 0.0787. The normalized spacial score (nSPS) is 11.2. The summed E-state index contributed by atoms with van der Waals surface area (Å²) in [5.41, 5.74) is 2.03. The number of hydrogen-bond donors (Lipinski definition) is 1. The Morgan fingerprint density at radius 3 is 2.42 bits per heavy atom. The van der Waals surface area contributed by atoms with E-state index in [1.807, 2.05) is 26.2 Å². The van der Waals surface area contributed by atoms with Crippen molar-refractivity contribution in [1.29, 1.82) is 0 Å². The van der Waals surface area contributed by atoms with Crippen LogP contribution in [0.2, 0.25) is 0 Å². The van der Waals surface area contributed by atoms with Gasteiger partial charge in [0.15, 0.2) is 4.34 Å². The molecule has 1 heterocycles. The highest BCUT2D eigenvalue weighted by Crippen LogP contribution is 2.33. The lowest BCUT2D eigenvalue weighted by Gasteiger charge is -2.26. The first-order chi connectivity index (χ1) is 14.7. The minimum atomic E-state index is -4.05. The van der Waals surface area contributed by atoms with E-state index in [0.717, 1.165) is 15.4 Å². The highest BCUT2D eigenvalue weighted by atomic mass is 32.2. The number of aryl methyl sites for hydroxylation is 2. The van der Waals surface area contributed by atoms with Crippen LogP contribution < -0.4 is 14.4 Å². The Morgan fingerprint density at radius 2 is 1.81 bits per heavy atom. The molecular formula is C20H22N4O4S3. The molecule has 0 unspecified atom stereocenters. The van der Waals surface area contributed by atoms with Gasteiger partial charge in [-0.15, -0.1) is 10.2 Å². The summed E-state index contributed by atoms with van der Waals surface area (Å²) in [7, 11) is -2.60. The molecule has 11 heteroatoms. The Labute approximate surface area is 189 Å². The highest BCUT2D eigenvalue weighted by molar-refractivity contribution is 8.00. The van der Waals surface area contributed by atoms with Crippen LogP contribution in [0.25, 0.3) is 0 Å². The molecule has 0 aliphatic heterocycles. The number of carbonyl (C=O) groups is 1. The van der Waals surface area contributed by atoms with Crippen LogP contribution in [-0.2, 0) is 14.8 Å². The lowest BCUT2D eigenvalue weighted by molar-refractivity contribution is -0.114. The topological polar surface area (TPSA) is 101 Å². The van der Waals surface area contributed by atoms with Gasteiger partial charge in [0.1, 0.15) is 12.3 Å². The summed E-state index contributed by atoms with van der Waals surface area (Å²) >= 11 is 2.62. The zero-order chi connectivity index (χ0) is 22.6. The first kappa shape index (κ1) is 23.0. The van der Waals surface area contributed by atoms with Gasteiger partial charge in [0.2, 0.25) is 11.0 Å². The largest absolute Gasteiger partial charge is 0.495 e. The molecule has 1 N–H and O–H groups in total. The molecule has 1 amide bonds. The molecule has 1 aromatic heterocycles. The van der Waals surface area contributed by atoms with Crippen molar-refractivity contribution in [1.82, 2.24) is 10.2 Å². The van der Waals surface area contributed by atoms with E-state index in [0.29, 0.717) is 15.2 Å². The second-order valence-electron chi connectivity index (χ2n) is 6.63. The van der Waals surface area contributed by atoms with E-state index in [2.05, 4.69) is 15.5 Å². The van der Waals surface area contributed by atoms with Crippen LogP contribution >= 0.6 is 23.1 Å². The van der Waals surface area contributed by atoms with Crippen molar-refractivity contribution in [3.63, 3.8) is 0 Å². The zero-order valence-electron chi connectivity index (χ0n) is 17.4. The average Bonchev–Trinajstić information content (AvgIpc) is 3.19. The number of ether oxygens (including phenoxy) is 1. The second kappa shape index (κ2) is 9.67. The predicted octanol–water partition coefficient (Wildman–Crippen LogP) is 3.72. The lowest BCUT2D eigenvalue weighted by Crippen LogP contribution is -2.38. The van der Waals surface area contributed by atoms with Gasteiger partial charge in [0.25, 0.3) is 10.0 Å². The summed E-state index contributed by atoms with van der Waals surface area (Å²) in [5, 5.41) is 10.8. The number of carbonyl (C=O) groups excluding carboxylic acids is 1. The number of nitrogens with one attached hydrogen (secondary N) is 1. The smallest absolute Gasteiger partial charge is 0.264 e. The Bertz CT molecular complexity index is 1180. The third-order valence-electron chi connectivity index (χ3n) is 4.33. The standard InChI is InChI=1S/C20H22N4O4S3/c1-13-5-8-15(9-6-13)31(26,27)24(16-11-14(2)7-10-17(16)28-3)12-18(25)21-19-22-23-20(29-4)30-19/h5-11H,12H2,1-4H3,(H,21,22,25). The number of hydrogen-bond acceptors (Lipinski definition) is 8. The van der Waals surface area contributed by atoms with E-state index in [-0.39, 0.29) is 10.6 Å². The quantitative estimate of drug-likeness (QED) is 0.389. The number of anilines is 2.